The van der Waals surface area contributed by atoms with Crippen LogP contribution in [0, 0.1) is 0 Å². The van der Waals surface area contributed by atoms with Crippen molar-refractivity contribution in [3.63, 3.8) is 0 Å². The molecule has 0 amide bonds. The molecule has 0 atom stereocenters. The van der Waals surface area contributed by atoms with E-state index < -0.39 is 5.63 Å². The first-order valence-corrected chi connectivity index (χ1v) is 8.95. The molecule has 2 aromatic heterocycles. The van der Waals surface area contributed by atoms with Crippen LogP contribution in [0.25, 0.3) is 38.7 Å². The molecule has 5 rings (SSSR count). The second-order valence-corrected chi connectivity index (χ2v) is 6.58. The Hall–Kier alpha value is -3.92. The van der Waals surface area contributed by atoms with E-state index in [1.807, 2.05) is 71.3 Å². The predicted molar refractivity (Wildman–Crippen MR) is 111 cm³/mol. The van der Waals surface area contributed by atoms with Crippen LogP contribution in [-0.4, -0.2) is 4.57 Å². The average molecular weight is 365 g/mol. The summed E-state index contributed by atoms with van der Waals surface area (Å²) in [6, 6.07) is 26.1. The number of hydrogen-bond acceptors (Lipinski definition) is 3. The van der Waals surface area contributed by atoms with Gasteiger partial charge in [0.05, 0.1) is 16.6 Å². The fourth-order valence-corrected chi connectivity index (χ4v) is 3.52. The van der Waals surface area contributed by atoms with Crippen molar-refractivity contribution in [2.75, 3.05) is 0 Å². The Morgan fingerprint density at radius 1 is 0.714 bits per heavy atom. The quantitative estimate of drug-likeness (QED) is 0.424. The molecule has 0 aliphatic rings. The van der Waals surface area contributed by atoms with Gasteiger partial charge >= 0.3 is 5.63 Å². The van der Waals surface area contributed by atoms with Crippen molar-refractivity contribution in [2.45, 2.75) is 0 Å². The van der Waals surface area contributed by atoms with E-state index in [0.717, 1.165) is 16.6 Å². The largest absolute Gasteiger partial charge is 0.422 e. The van der Waals surface area contributed by atoms with Crippen molar-refractivity contribution in [3.8, 4) is 16.8 Å². The molecular weight excluding hydrogens is 350 g/mol. The van der Waals surface area contributed by atoms with Crippen LogP contribution in [0.2, 0.25) is 0 Å². The highest BCUT2D eigenvalue weighted by atomic mass is 16.4. The summed E-state index contributed by atoms with van der Waals surface area (Å²) in [5, 5.41) is 1.33. The molecule has 2 heterocycles. The van der Waals surface area contributed by atoms with E-state index in [1.54, 1.807) is 24.4 Å². The summed E-state index contributed by atoms with van der Waals surface area (Å²) in [5.41, 5.74) is 2.07. The predicted octanol–water partition coefficient (Wildman–Crippen LogP) is 4.76. The Kier molecular flexibility index (Phi) is 3.69. The Morgan fingerprint density at radius 2 is 1.43 bits per heavy atom. The second kappa shape index (κ2) is 6.35. The summed E-state index contributed by atoms with van der Waals surface area (Å²) in [7, 11) is 0. The van der Waals surface area contributed by atoms with Gasteiger partial charge in [0, 0.05) is 22.7 Å². The molecular formula is C24H15NO3. The highest BCUT2D eigenvalue weighted by Gasteiger charge is 2.16. The minimum atomic E-state index is -0.523. The van der Waals surface area contributed by atoms with Crippen molar-refractivity contribution in [1.82, 2.24) is 4.57 Å². The Balaban J connectivity index is 1.89. The Bertz CT molecular complexity index is 1450. The number of nitrogens with zero attached hydrogens (tertiary/aromatic N) is 1. The van der Waals surface area contributed by atoms with Crippen molar-refractivity contribution in [2.24, 2.45) is 0 Å². The molecule has 4 heteroatoms. The number of hydrogen-bond donors (Lipinski definition) is 0. The summed E-state index contributed by atoms with van der Waals surface area (Å²) >= 11 is 0. The Labute approximate surface area is 159 Å². The van der Waals surface area contributed by atoms with E-state index in [1.165, 1.54) is 0 Å². The van der Waals surface area contributed by atoms with Crippen LogP contribution < -0.4 is 11.1 Å². The van der Waals surface area contributed by atoms with Gasteiger partial charge in [-0.25, -0.2) is 4.79 Å². The van der Waals surface area contributed by atoms with Gasteiger partial charge in [0.2, 0.25) is 0 Å². The van der Waals surface area contributed by atoms with Crippen LogP contribution in [0.1, 0.15) is 0 Å². The van der Waals surface area contributed by atoms with E-state index in [-0.39, 0.29) is 11.0 Å². The zero-order valence-corrected chi connectivity index (χ0v) is 14.8. The maximum absolute atomic E-state index is 13.2. The van der Waals surface area contributed by atoms with Crippen LogP contribution in [0.3, 0.4) is 0 Å². The first-order chi connectivity index (χ1) is 13.7. The molecule has 0 aliphatic carbocycles. The zero-order valence-electron chi connectivity index (χ0n) is 14.8. The third kappa shape index (κ3) is 2.55. The lowest BCUT2D eigenvalue weighted by molar-refractivity contribution is 0.563. The fraction of sp³-hybridized carbons (Fsp3) is 0. The molecule has 0 bridgehead atoms. The van der Waals surface area contributed by atoms with Gasteiger partial charge in [-0.05, 0) is 36.4 Å². The minimum Gasteiger partial charge on any atom is -0.422 e. The van der Waals surface area contributed by atoms with Crippen molar-refractivity contribution in [3.05, 3.63) is 112 Å². The molecule has 0 spiro atoms. The van der Waals surface area contributed by atoms with Gasteiger partial charge in [-0.15, -0.1) is 0 Å². The van der Waals surface area contributed by atoms with E-state index >= 15 is 0 Å². The molecule has 0 unspecified atom stereocenters. The molecule has 0 N–H and O–H groups in total. The van der Waals surface area contributed by atoms with Gasteiger partial charge in [0.1, 0.15) is 5.58 Å². The van der Waals surface area contributed by atoms with Crippen LogP contribution >= 0.6 is 0 Å². The average Bonchev–Trinajstić information content (AvgIpc) is 2.75. The van der Waals surface area contributed by atoms with Crippen molar-refractivity contribution < 1.29 is 4.42 Å². The number of para-hydroxylation sites is 3. The summed E-state index contributed by atoms with van der Waals surface area (Å²) in [6.45, 7) is 0. The van der Waals surface area contributed by atoms with Crippen LogP contribution in [0.4, 0.5) is 0 Å². The lowest BCUT2D eigenvalue weighted by atomic mass is 10.0. The van der Waals surface area contributed by atoms with E-state index in [2.05, 4.69) is 0 Å². The van der Waals surface area contributed by atoms with E-state index in [0.29, 0.717) is 16.5 Å². The third-order valence-electron chi connectivity index (χ3n) is 4.88. The van der Waals surface area contributed by atoms with Gasteiger partial charge in [-0.1, -0.05) is 48.5 Å². The summed E-state index contributed by atoms with van der Waals surface area (Å²) in [5.74, 6) is 0. The van der Waals surface area contributed by atoms with Gasteiger partial charge in [0.15, 0.2) is 5.43 Å². The first-order valence-electron chi connectivity index (χ1n) is 8.95. The fourth-order valence-electron chi connectivity index (χ4n) is 3.52. The van der Waals surface area contributed by atoms with E-state index in [9.17, 15) is 9.59 Å². The second-order valence-electron chi connectivity index (χ2n) is 6.58. The molecule has 3 aromatic carbocycles. The zero-order chi connectivity index (χ0) is 19.1. The van der Waals surface area contributed by atoms with E-state index in [4.69, 9.17) is 4.42 Å². The Morgan fingerprint density at radius 3 is 2.29 bits per heavy atom. The highest BCUT2D eigenvalue weighted by Crippen LogP contribution is 2.23. The summed E-state index contributed by atoms with van der Waals surface area (Å²) < 4.78 is 7.39. The standard InChI is InChI=1S/C24H15NO3/c26-23-18-11-5-6-12-21(18)25(17-9-2-1-3-10-17)15-20(23)19-14-16-8-4-7-13-22(16)28-24(19)27/h1-15H. The number of aromatic nitrogens is 1. The molecule has 0 fully saturated rings. The van der Waals surface area contributed by atoms with Crippen LogP contribution in [0.15, 0.2) is 105 Å². The highest BCUT2D eigenvalue weighted by molar-refractivity contribution is 5.87. The first kappa shape index (κ1) is 16.3. The number of fused-ring (bicyclic) bond motifs is 2. The molecule has 0 aliphatic heterocycles. The maximum atomic E-state index is 13.2. The lowest BCUT2D eigenvalue weighted by Gasteiger charge is -2.13. The number of pyridine rings is 1. The lowest BCUT2D eigenvalue weighted by Crippen LogP contribution is -2.15. The van der Waals surface area contributed by atoms with Crippen LogP contribution in [-0.2, 0) is 0 Å². The molecule has 28 heavy (non-hydrogen) atoms. The number of benzene rings is 3. The smallest absolute Gasteiger partial charge is 0.344 e. The van der Waals surface area contributed by atoms with Crippen molar-refractivity contribution >= 4 is 21.9 Å². The molecule has 5 aromatic rings. The summed E-state index contributed by atoms with van der Waals surface area (Å²) in [6.07, 6.45) is 1.72. The molecule has 0 radical (unpaired) electrons. The van der Waals surface area contributed by atoms with Gasteiger partial charge in [-0.2, -0.15) is 0 Å². The van der Waals surface area contributed by atoms with Crippen molar-refractivity contribution in [1.29, 1.82) is 0 Å². The maximum Gasteiger partial charge on any atom is 0.344 e. The molecule has 134 valence electrons. The molecule has 0 saturated heterocycles. The van der Waals surface area contributed by atoms with Gasteiger partial charge in [0.25, 0.3) is 0 Å². The van der Waals surface area contributed by atoms with Gasteiger partial charge in [-0.3, -0.25) is 4.79 Å². The third-order valence-corrected chi connectivity index (χ3v) is 4.88. The summed E-state index contributed by atoms with van der Waals surface area (Å²) in [4.78, 5) is 25.9. The van der Waals surface area contributed by atoms with Crippen LogP contribution in [0.5, 0.6) is 0 Å². The van der Waals surface area contributed by atoms with Gasteiger partial charge < -0.3 is 8.98 Å². The SMILES string of the molecule is O=c1oc2ccccc2cc1-c1cn(-c2ccccc2)c2ccccc2c1=O. The number of rotatable bonds is 2. The minimum absolute atomic E-state index is 0.189. The molecule has 0 saturated carbocycles. The monoisotopic (exact) mass is 365 g/mol. The molecule has 4 nitrogen and oxygen atoms in total. The topological polar surface area (TPSA) is 52.2 Å². The normalized spacial score (nSPS) is 11.1.